The van der Waals surface area contributed by atoms with E-state index < -0.39 is 0 Å². The Morgan fingerprint density at radius 2 is 2.05 bits per heavy atom. The minimum Gasteiger partial charge on any atom is -0.463 e. The van der Waals surface area contributed by atoms with Gasteiger partial charge in [0.25, 0.3) is 0 Å². The number of piperidine rings is 1. The van der Waals surface area contributed by atoms with Gasteiger partial charge in [0, 0.05) is 18.6 Å². The fraction of sp³-hybridized carbons (Fsp3) is 0.778. The van der Waals surface area contributed by atoms with Gasteiger partial charge < -0.3 is 9.73 Å². The maximum atomic E-state index is 6.08. The molecule has 0 aliphatic carbocycles. The molecule has 0 radical (unpaired) electrons. The lowest BCUT2D eigenvalue weighted by molar-refractivity contribution is 0.0664. The highest BCUT2D eigenvalue weighted by Gasteiger charge is 2.29. The van der Waals surface area contributed by atoms with Gasteiger partial charge in [0.2, 0.25) is 0 Å². The molecule has 1 saturated heterocycles. The van der Waals surface area contributed by atoms with E-state index in [1.165, 1.54) is 18.5 Å². The molecule has 1 aromatic heterocycles. The fourth-order valence-corrected chi connectivity index (χ4v) is 3.38. The topological polar surface area (TPSA) is 28.4 Å². The first-order valence-electron chi connectivity index (χ1n) is 8.42. The summed E-state index contributed by atoms with van der Waals surface area (Å²) in [7, 11) is 0. The maximum Gasteiger partial charge on any atom is 0.120 e. The van der Waals surface area contributed by atoms with Crippen molar-refractivity contribution in [1.29, 1.82) is 0 Å². The first-order chi connectivity index (χ1) is 9.86. The third kappa shape index (κ3) is 4.33. The third-order valence-electron chi connectivity index (χ3n) is 4.82. The van der Waals surface area contributed by atoms with Gasteiger partial charge in [-0.25, -0.2) is 0 Å². The van der Waals surface area contributed by atoms with Crippen molar-refractivity contribution in [2.75, 3.05) is 6.54 Å². The molecule has 0 bridgehead atoms. The molecule has 0 aromatic carbocycles. The van der Waals surface area contributed by atoms with E-state index in [-0.39, 0.29) is 0 Å². The summed E-state index contributed by atoms with van der Waals surface area (Å²) < 4.78 is 6.08. The second kappa shape index (κ2) is 6.97. The van der Waals surface area contributed by atoms with Crippen molar-refractivity contribution >= 4 is 0 Å². The van der Waals surface area contributed by atoms with Crippen LogP contribution in [-0.2, 0) is 13.1 Å². The highest BCUT2D eigenvalue weighted by atomic mass is 16.3. The van der Waals surface area contributed by atoms with Gasteiger partial charge >= 0.3 is 0 Å². The fourth-order valence-electron chi connectivity index (χ4n) is 3.38. The lowest BCUT2D eigenvalue weighted by atomic mass is 9.86. The molecule has 1 aliphatic rings. The Bertz CT molecular complexity index is 452. The van der Waals surface area contributed by atoms with Crippen LogP contribution in [0.15, 0.2) is 10.5 Å². The van der Waals surface area contributed by atoms with Crippen LogP contribution in [0.4, 0.5) is 0 Å². The summed E-state index contributed by atoms with van der Waals surface area (Å²) in [4.78, 5) is 2.58. The van der Waals surface area contributed by atoms with Gasteiger partial charge in [0.05, 0.1) is 13.1 Å². The Hall–Kier alpha value is -0.800. The molecule has 2 heterocycles. The van der Waals surface area contributed by atoms with Gasteiger partial charge in [0.15, 0.2) is 0 Å². The summed E-state index contributed by atoms with van der Waals surface area (Å²) in [5.41, 5.74) is 1.27. The number of hydrogen-bond acceptors (Lipinski definition) is 3. The van der Waals surface area contributed by atoms with Crippen molar-refractivity contribution in [2.45, 2.75) is 73.1 Å². The van der Waals surface area contributed by atoms with E-state index in [4.69, 9.17) is 4.42 Å². The quantitative estimate of drug-likeness (QED) is 0.890. The van der Waals surface area contributed by atoms with E-state index >= 15 is 0 Å². The van der Waals surface area contributed by atoms with E-state index in [9.17, 15) is 0 Å². The summed E-state index contributed by atoms with van der Waals surface area (Å²) in [6.45, 7) is 16.5. The highest BCUT2D eigenvalue weighted by Crippen LogP contribution is 2.29. The second-order valence-corrected chi connectivity index (χ2v) is 7.34. The van der Waals surface area contributed by atoms with Gasteiger partial charge in [-0.2, -0.15) is 0 Å². The van der Waals surface area contributed by atoms with Crippen LogP contribution in [0.5, 0.6) is 0 Å². The predicted octanol–water partition coefficient (Wildman–Crippen LogP) is 3.95. The average molecular weight is 292 g/mol. The molecule has 0 saturated carbocycles. The van der Waals surface area contributed by atoms with Crippen molar-refractivity contribution in [3.63, 3.8) is 0 Å². The van der Waals surface area contributed by atoms with Crippen LogP contribution in [0.2, 0.25) is 0 Å². The van der Waals surface area contributed by atoms with Crippen LogP contribution in [0.1, 0.15) is 58.1 Å². The molecular formula is C18H32N2O. The van der Waals surface area contributed by atoms with Crippen LogP contribution in [0.3, 0.4) is 0 Å². The summed E-state index contributed by atoms with van der Waals surface area (Å²) in [6, 6.07) is 3.35. The number of nitrogens with one attached hydrogen (secondary N) is 1. The van der Waals surface area contributed by atoms with Crippen LogP contribution in [0.25, 0.3) is 0 Å². The molecule has 0 amide bonds. The number of furan rings is 1. The minimum absolute atomic E-state index is 0.488. The highest BCUT2D eigenvalue weighted by molar-refractivity contribution is 5.20. The Morgan fingerprint density at radius 1 is 1.33 bits per heavy atom. The molecule has 3 unspecified atom stereocenters. The van der Waals surface area contributed by atoms with Crippen LogP contribution < -0.4 is 5.32 Å². The van der Waals surface area contributed by atoms with Crippen LogP contribution in [-0.4, -0.2) is 23.5 Å². The molecule has 3 nitrogen and oxygen atoms in total. The van der Waals surface area contributed by atoms with Crippen molar-refractivity contribution in [3.8, 4) is 0 Å². The summed E-state index contributed by atoms with van der Waals surface area (Å²) in [5.74, 6) is 3.76. The van der Waals surface area contributed by atoms with E-state index in [0.717, 1.165) is 36.4 Å². The number of hydrogen-bond donors (Lipinski definition) is 1. The van der Waals surface area contributed by atoms with Crippen LogP contribution in [0, 0.1) is 18.8 Å². The predicted molar refractivity (Wildman–Crippen MR) is 88.2 cm³/mol. The number of likely N-dealkylation sites (tertiary alicyclic amines) is 1. The van der Waals surface area contributed by atoms with Gasteiger partial charge in [-0.3, -0.25) is 4.90 Å². The smallest absolute Gasteiger partial charge is 0.120 e. The van der Waals surface area contributed by atoms with Gasteiger partial charge in [0.1, 0.15) is 11.5 Å². The number of nitrogens with zero attached hydrogens (tertiary/aromatic N) is 1. The zero-order valence-corrected chi connectivity index (χ0v) is 14.6. The van der Waals surface area contributed by atoms with Crippen molar-refractivity contribution in [3.05, 3.63) is 23.2 Å². The summed E-state index contributed by atoms with van der Waals surface area (Å²) >= 11 is 0. The van der Waals surface area contributed by atoms with Crippen molar-refractivity contribution in [2.24, 2.45) is 11.8 Å². The monoisotopic (exact) mass is 292 g/mol. The van der Waals surface area contributed by atoms with E-state index in [2.05, 4.69) is 57.8 Å². The number of aryl methyl sites for hydroxylation is 1. The molecule has 1 aromatic rings. The second-order valence-electron chi connectivity index (χ2n) is 7.34. The average Bonchev–Trinajstić information content (AvgIpc) is 2.73. The van der Waals surface area contributed by atoms with Gasteiger partial charge in [-0.15, -0.1) is 0 Å². The normalized spacial score (nSPS) is 27.5. The largest absolute Gasteiger partial charge is 0.463 e. The van der Waals surface area contributed by atoms with Crippen molar-refractivity contribution in [1.82, 2.24) is 10.2 Å². The molecular weight excluding hydrogens is 260 g/mol. The lowest BCUT2D eigenvalue weighted by Gasteiger charge is -2.40. The van der Waals surface area contributed by atoms with Gasteiger partial charge in [-0.1, -0.05) is 27.7 Å². The Labute approximate surface area is 130 Å². The van der Waals surface area contributed by atoms with E-state index in [0.29, 0.717) is 12.1 Å². The molecule has 2 rings (SSSR count). The Kier molecular flexibility index (Phi) is 5.50. The molecule has 0 spiro atoms. The molecule has 3 atom stereocenters. The Balaban J connectivity index is 2.00. The molecule has 1 N–H and O–H groups in total. The molecule has 21 heavy (non-hydrogen) atoms. The zero-order valence-electron chi connectivity index (χ0n) is 14.6. The maximum absolute atomic E-state index is 6.08. The summed E-state index contributed by atoms with van der Waals surface area (Å²) in [6.07, 6.45) is 1.35. The van der Waals surface area contributed by atoms with Gasteiger partial charge in [-0.05, 0) is 43.7 Å². The molecule has 120 valence electrons. The van der Waals surface area contributed by atoms with Crippen LogP contribution >= 0.6 is 0 Å². The standard InChI is InChI=1S/C18H32N2O/c1-12(2)19-9-18-15(5)8-17(21-18)11-20-10-13(3)7-14(4)16(20)6/h8,12-14,16,19H,7,9-11H2,1-6H3. The zero-order chi connectivity index (χ0) is 15.6. The van der Waals surface area contributed by atoms with E-state index in [1.807, 2.05) is 0 Å². The SMILES string of the molecule is Cc1cc(CN2CC(C)CC(C)C2C)oc1CNC(C)C. The van der Waals surface area contributed by atoms with Crippen molar-refractivity contribution < 1.29 is 4.42 Å². The first-order valence-corrected chi connectivity index (χ1v) is 8.42. The lowest BCUT2D eigenvalue weighted by Crippen LogP contribution is -2.45. The Morgan fingerprint density at radius 3 is 2.71 bits per heavy atom. The molecule has 1 fully saturated rings. The molecule has 3 heteroatoms. The third-order valence-corrected chi connectivity index (χ3v) is 4.82. The first kappa shape index (κ1) is 16.6. The number of rotatable bonds is 5. The minimum atomic E-state index is 0.488. The molecule has 1 aliphatic heterocycles. The summed E-state index contributed by atoms with van der Waals surface area (Å²) in [5, 5.41) is 3.44. The van der Waals surface area contributed by atoms with E-state index in [1.54, 1.807) is 0 Å².